The molecule has 1 aromatic heterocycles. The standard InChI is InChI=1S/C22H31ClN4O2/c1-3-27(4-2)20(28)10-7-13-24-22(29)17-9-6-5-8-16(17)21-25-18-12-11-15(23)14-19(18)26-21/h11-12,14,16-17H,3-10,13H2,1-2H3,(H,24,29)(H,25,26)/t16-,17-/m1/s1. The van der Waals surface area contributed by atoms with Gasteiger partial charge in [-0.15, -0.1) is 0 Å². The fraction of sp³-hybridized carbons (Fsp3) is 0.591. The van der Waals surface area contributed by atoms with Crippen LogP contribution in [0.1, 0.15) is 64.1 Å². The third-order valence-corrected chi connectivity index (χ3v) is 6.13. The first-order chi connectivity index (χ1) is 14.0. The maximum absolute atomic E-state index is 12.9. The van der Waals surface area contributed by atoms with Crippen molar-refractivity contribution in [3.63, 3.8) is 0 Å². The number of fused-ring (bicyclic) bond motifs is 1. The molecule has 1 aliphatic rings. The normalized spacial score (nSPS) is 19.3. The molecule has 1 aliphatic carbocycles. The Balaban J connectivity index is 1.58. The zero-order valence-corrected chi connectivity index (χ0v) is 18.1. The highest BCUT2D eigenvalue weighted by molar-refractivity contribution is 6.31. The van der Waals surface area contributed by atoms with E-state index in [1.807, 2.05) is 36.9 Å². The van der Waals surface area contributed by atoms with Crippen LogP contribution in [0.4, 0.5) is 0 Å². The molecule has 0 radical (unpaired) electrons. The molecule has 2 amide bonds. The number of imidazole rings is 1. The Morgan fingerprint density at radius 1 is 1.24 bits per heavy atom. The van der Waals surface area contributed by atoms with Crippen LogP contribution in [-0.2, 0) is 9.59 Å². The molecule has 0 aliphatic heterocycles. The average molecular weight is 419 g/mol. The second-order valence-electron chi connectivity index (χ2n) is 7.74. The van der Waals surface area contributed by atoms with Crippen molar-refractivity contribution in [3.05, 3.63) is 29.0 Å². The Morgan fingerprint density at radius 2 is 2.00 bits per heavy atom. The topological polar surface area (TPSA) is 78.1 Å². The van der Waals surface area contributed by atoms with E-state index < -0.39 is 0 Å². The lowest BCUT2D eigenvalue weighted by molar-refractivity contribution is -0.131. The van der Waals surface area contributed by atoms with Crippen LogP contribution in [0.2, 0.25) is 5.02 Å². The van der Waals surface area contributed by atoms with Crippen molar-refractivity contribution in [1.82, 2.24) is 20.2 Å². The van der Waals surface area contributed by atoms with Crippen LogP contribution in [0.15, 0.2) is 18.2 Å². The van der Waals surface area contributed by atoms with Crippen molar-refractivity contribution in [3.8, 4) is 0 Å². The van der Waals surface area contributed by atoms with Gasteiger partial charge in [0.05, 0.1) is 11.0 Å². The maximum atomic E-state index is 12.9. The molecule has 158 valence electrons. The quantitative estimate of drug-likeness (QED) is 0.629. The van der Waals surface area contributed by atoms with Gasteiger partial charge >= 0.3 is 0 Å². The van der Waals surface area contributed by atoms with Gasteiger partial charge in [0.2, 0.25) is 11.8 Å². The molecule has 0 saturated heterocycles. The lowest BCUT2D eigenvalue weighted by atomic mass is 9.78. The van der Waals surface area contributed by atoms with Gasteiger partial charge in [0, 0.05) is 42.9 Å². The fourth-order valence-corrected chi connectivity index (χ4v) is 4.44. The van der Waals surface area contributed by atoms with Crippen molar-refractivity contribution in [2.24, 2.45) is 5.92 Å². The van der Waals surface area contributed by atoms with Crippen molar-refractivity contribution >= 4 is 34.4 Å². The van der Waals surface area contributed by atoms with E-state index in [0.29, 0.717) is 24.4 Å². The number of nitrogens with zero attached hydrogens (tertiary/aromatic N) is 2. The summed E-state index contributed by atoms with van der Waals surface area (Å²) in [6.45, 7) is 5.96. The molecule has 2 aromatic rings. The van der Waals surface area contributed by atoms with Gasteiger partial charge in [-0.25, -0.2) is 4.98 Å². The van der Waals surface area contributed by atoms with E-state index in [4.69, 9.17) is 16.6 Å². The third kappa shape index (κ3) is 5.30. The van der Waals surface area contributed by atoms with E-state index in [1.165, 1.54) is 0 Å². The monoisotopic (exact) mass is 418 g/mol. The van der Waals surface area contributed by atoms with E-state index in [0.717, 1.165) is 55.6 Å². The molecule has 1 saturated carbocycles. The molecule has 1 fully saturated rings. The minimum absolute atomic E-state index is 0.0727. The summed E-state index contributed by atoms with van der Waals surface area (Å²) >= 11 is 6.09. The Morgan fingerprint density at radius 3 is 2.76 bits per heavy atom. The Bertz CT molecular complexity index is 846. The van der Waals surface area contributed by atoms with E-state index in [9.17, 15) is 9.59 Å². The maximum Gasteiger partial charge on any atom is 0.223 e. The number of carbonyl (C=O) groups excluding carboxylic acids is 2. The summed E-state index contributed by atoms with van der Waals surface area (Å²) in [6.07, 6.45) is 5.12. The van der Waals surface area contributed by atoms with Crippen LogP contribution in [0, 0.1) is 5.92 Å². The summed E-state index contributed by atoms with van der Waals surface area (Å²) in [5.74, 6) is 1.11. The van der Waals surface area contributed by atoms with Crippen LogP contribution in [0.5, 0.6) is 0 Å². The zero-order chi connectivity index (χ0) is 20.8. The molecule has 6 nitrogen and oxygen atoms in total. The van der Waals surface area contributed by atoms with Crippen molar-refractivity contribution in [1.29, 1.82) is 0 Å². The zero-order valence-electron chi connectivity index (χ0n) is 17.3. The van der Waals surface area contributed by atoms with E-state index in [1.54, 1.807) is 0 Å². The summed E-state index contributed by atoms with van der Waals surface area (Å²) in [5, 5.41) is 3.72. The van der Waals surface area contributed by atoms with E-state index in [-0.39, 0.29) is 23.7 Å². The first-order valence-corrected chi connectivity index (χ1v) is 11.1. The molecular weight excluding hydrogens is 388 g/mol. The first-order valence-electron chi connectivity index (χ1n) is 10.7. The summed E-state index contributed by atoms with van der Waals surface area (Å²) < 4.78 is 0. The number of rotatable bonds is 8. The molecular formula is C22H31ClN4O2. The molecule has 3 rings (SSSR count). The van der Waals surface area contributed by atoms with Gasteiger partial charge in [0.25, 0.3) is 0 Å². The highest BCUT2D eigenvalue weighted by Crippen LogP contribution is 2.37. The summed E-state index contributed by atoms with van der Waals surface area (Å²) in [6, 6.07) is 5.61. The lowest BCUT2D eigenvalue weighted by Crippen LogP contribution is -2.37. The summed E-state index contributed by atoms with van der Waals surface area (Å²) in [5.41, 5.74) is 1.79. The molecule has 1 aromatic carbocycles. The van der Waals surface area contributed by atoms with Gasteiger partial charge in [-0.3, -0.25) is 9.59 Å². The van der Waals surface area contributed by atoms with Crippen LogP contribution in [-0.4, -0.2) is 46.3 Å². The molecule has 2 atom stereocenters. The molecule has 0 unspecified atom stereocenters. The third-order valence-electron chi connectivity index (χ3n) is 5.90. The van der Waals surface area contributed by atoms with Gasteiger partial charge in [-0.2, -0.15) is 0 Å². The number of H-pyrrole nitrogens is 1. The second-order valence-corrected chi connectivity index (χ2v) is 8.18. The molecule has 29 heavy (non-hydrogen) atoms. The van der Waals surface area contributed by atoms with E-state index >= 15 is 0 Å². The van der Waals surface area contributed by atoms with Gasteiger partial charge < -0.3 is 15.2 Å². The van der Waals surface area contributed by atoms with Crippen LogP contribution in [0.25, 0.3) is 11.0 Å². The number of aromatic nitrogens is 2. The first kappa shape index (κ1) is 21.6. The number of nitrogens with one attached hydrogen (secondary N) is 2. The fourth-order valence-electron chi connectivity index (χ4n) is 4.27. The molecule has 2 N–H and O–H groups in total. The van der Waals surface area contributed by atoms with E-state index in [2.05, 4.69) is 10.3 Å². The molecule has 0 bridgehead atoms. The largest absolute Gasteiger partial charge is 0.356 e. The second kappa shape index (κ2) is 10.1. The highest BCUT2D eigenvalue weighted by atomic mass is 35.5. The molecule has 0 spiro atoms. The van der Waals surface area contributed by atoms with Crippen LogP contribution in [0.3, 0.4) is 0 Å². The van der Waals surface area contributed by atoms with Crippen molar-refractivity contribution in [2.75, 3.05) is 19.6 Å². The van der Waals surface area contributed by atoms with Gasteiger partial charge in [-0.1, -0.05) is 24.4 Å². The predicted octanol–water partition coefficient (Wildman–Crippen LogP) is 4.25. The highest BCUT2D eigenvalue weighted by Gasteiger charge is 2.33. The predicted molar refractivity (Wildman–Crippen MR) is 116 cm³/mol. The SMILES string of the molecule is CCN(CC)C(=O)CCCNC(=O)[C@@H]1CCCC[C@H]1c1nc2ccc(Cl)cc2[nH]1. The Labute approximate surface area is 177 Å². The van der Waals surface area contributed by atoms with Crippen LogP contribution >= 0.6 is 11.6 Å². The number of hydrogen-bond donors (Lipinski definition) is 2. The summed E-state index contributed by atoms with van der Waals surface area (Å²) in [4.78, 5) is 34.9. The minimum atomic E-state index is -0.0849. The number of halogens is 1. The van der Waals surface area contributed by atoms with Gasteiger partial charge in [0.15, 0.2) is 0 Å². The van der Waals surface area contributed by atoms with Gasteiger partial charge in [0.1, 0.15) is 5.82 Å². The number of amides is 2. The lowest BCUT2D eigenvalue weighted by Gasteiger charge is -2.29. The number of aromatic amines is 1. The summed E-state index contributed by atoms with van der Waals surface area (Å²) in [7, 11) is 0. The minimum Gasteiger partial charge on any atom is -0.356 e. The average Bonchev–Trinajstić information content (AvgIpc) is 3.15. The number of carbonyl (C=O) groups is 2. The molecule has 1 heterocycles. The Hall–Kier alpha value is -2.08. The molecule has 7 heteroatoms. The van der Waals surface area contributed by atoms with Crippen molar-refractivity contribution < 1.29 is 9.59 Å². The van der Waals surface area contributed by atoms with Crippen LogP contribution < -0.4 is 5.32 Å². The number of benzene rings is 1. The number of hydrogen-bond acceptors (Lipinski definition) is 3. The van der Waals surface area contributed by atoms with Crippen molar-refractivity contribution in [2.45, 2.75) is 58.3 Å². The smallest absolute Gasteiger partial charge is 0.223 e. The van der Waals surface area contributed by atoms with Gasteiger partial charge in [-0.05, 0) is 51.3 Å². The Kier molecular flexibility index (Phi) is 7.53.